The summed E-state index contributed by atoms with van der Waals surface area (Å²) < 4.78 is 6.80. The molecule has 1 amide bonds. The summed E-state index contributed by atoms with van der Waals surface area (Å²) in [5.41, 5.74) is 6.66. The van der Waals surface area contributed by atoms with Crippen molar-refractivity contribution >= 4 is 52.3 Å². The molecule has 1 fully saturated rings. The zero-order valence-corrected chi connectivity index (χ0v) is 15.8. The summed E-state index contributed by atoms with van der Waals surface area (Å²) in [6.07, 6.45) is 2.27. The number of halogens is 2. The molecule has 0 saturated heterocycles. The second-order valence-electron chi connectivity index (χ2n) is 5.80. The monoisotopic (exact) mass is 399 g/mol. The summed E-state index contributed by atoms with van der Waals surface area (Å²) >= 11 is 1.55. The van der Waals surface area contributed by atoms with Gasteiger partial charge >= 0.3 is 0 Å². The van der Waals surface area contributed by atoms with Crippen LogP contribution in [0.15, 0.2) is 40.8 Å². The molecule has 1 aromatic carbocycles. The normalized spacial score (nSPS) is 14.4. The molecule has 1 unspecified atom stereocenters. The topological polar surface area (TPSA) is 81.1 Å². The Morgan fingerprint density at radius 2 is 2.04 bits per heavy atom. The highest BCUT2D eigenvalue weighted by molar-refractivity contribution is 7.21. The number of rotatable bonds is 5. The van der Waals surface area contributed by atoms with Gasteiger partial charge in [0.05, 0.1) is 10.2 Å². The van der Waals surface area contributed by atoms with Gasteiger partial charge in [-0.2, -0.15) is 0 Å². The summed E-state index contributed by atoms with van der Waals surface area (Å²) in [4.78, 5) is 16.8. The molecule has 25 heavy (non-hydrogen) atoms. The Kier molecular flexibility index (Phi) is 6.46. The Morgan fingerprint density at radius 3 is 2.72 bits per heavy atom. The molecular weight excluding hydrogens is 381 g/mol. The van der Waals surface area contributed by atoms with E-state index in [1.807, 2.05) is 24.3 Å². The minimum atomic E-state index is -0.209. The fourth-order valence-electron chi connectivity index (χ4n) is 2.66. The molecule has 4 rings (SSSR count). The number of carbonyl (C=O) groups excluding carboxylic acids is 1. The van der Waals surface area contributed by atoms with Crippen LogP contribution >= 0.6 is 36.2 Å². The standard InChI is InChI=1S/C17H17N3O2S.2ClH/c18-9-12(10-5-6-10)19-16(21)13-7-8-14(22-13)17-20-11-3-1-2-4-15(11)23-17;;/h1-4,7-8,10,12H,5-6,9,18H2,(H,19,21);2*1H. The van der Waals surface area contributed by atoms with E-state index < -0.39 is 0 Å². The average Bonchev–Trinajstić information content (AvgIpc) is 3.13. The Labute approximate surface area is 161 Å². The third-order valence-corrected chi connectivity index (χ3v) is 5.15. The van der Waals surface area contributed by atoms with Crippen molar-refractivity contribution in [2.45, 2.75) is 18.9 Å². The number of hydrogen-bond acceptors (Lipinski definition) is 5. The predicted octanol–water partition coefficient (Wildman–Crippen LogP) is 3.87. The third kappa shape index (κ3) is 4.15. The molecule has 3 aromatic rings. The molecule has 0 bridgehead atoms. The predicted molar refractivity (Wildman–Crippen MR) is 105 cm³/mol. The fraction of sp³-hybridized carbons (Fsp3) is 0.294. The van der Waals surface area contributed by atoms with Gasteiger partial charge in [0.25, 0.3) is 5.91 Å². The minimum Gasteiger partial charge on any atom is -0.448 e. The number of fused-ring (bicyclic) bond motifs is 1. The molecular formula is C17H19Cl2N3O2S. The maximum absolute atomic E-state index is 12.3. The number of hydrogen-bond donors (Lipinski definition) is 2. The van der Waals surface area contributed by atoms with E-state index in [9.17, 15) is 4.79 Å². The molecule has 0 radical (unpaired) electrons. The van der Waals surface area contributed by atoms with Gasteiger partial charge in [0.15, 0.2) is 16.5 Å². The number of para-hydroxylation sites is 1. The van der Waals surface area contributed by atoms with Crippen LogP contribution in [0.4, 0.5) is 0 Å². The Bertz CT molecular complexity index is 827. The van der Waals surface area contributed by atoms with Crippen LogP contribution in [0.25, 0.3) is 21.0 Å². The Balaban J connectivity index is 0.00000113. The van der Waals surface area contributed by atoms with Crippen LogP contribution in [-0.4, -0.2) is 23.5 Å². The number of amides is 1. The van der Waals surface area contributed by atoms with Crippen molar-refractivity contribution in [2.24, 2.45) is 11.7 Å². The molecule has 8 heteroatoms. The van der Waals surface area contributed by atoms with Crippen LogP contribution in [0.2, 0.25) is 0 Å². The quantitative estimate of drug-likeness (QED) is 0.681. The van der Waals surface area contributed by atoms with E-state index in [-0.39, 0.29) is 36.8 Å². The first-order valence-electron chi connectivity index (χ1n) is 7.71. The highest BCUT2D eigenvalue weighted by Gasteiger charge is 2.32. The molecule has 1 saturated carbocycles. The van der Waals surface area contributed by atoms with Crippen molar-refractivity contribution in [1.29, 1.82) is 0 Å². The SMILES string of the molecule is Cl.Cl.NCC(NC(=O)c1ccc(-c2nc3ccccc3s2)o1)C1CC1. The molecule has 2 heterocycles. The lowest BCUT2D eigenvalue weighted by Gasteiger charge is -2.14. The molecule has 1 aliphatic carbocycles. The summed E-state index contributed by atoms with van der Waals surface area (Å²) in [5, 5.41) is 3.74. The van der Waals surface area contributed by atoms with Gasteiger partial charge in [-0.15, -0.1) is 36.2 Å². The summed E-state index contributed by atoms with van der Waals surface area (Å²) in [7, 11) is 0. The number of thiazole rings is 1. The number of benzene rings is 1. The zero-order chi connectivity index (χ0) is 15.8. The van der Waals surface area contributed by atoms with Gasteiger partial charge < -0.3 is 15.5 Å². The van der Waals surface area contributed by atoms with Gasteiger partial charge in [-0.25, -0.2) is 4.98 Å². The number of carbonyl (C=O) groups is 1. The van der Waals surface area contributed by atoms with E-state index in [2.05, 4.69) is 10.3 Å². The molecule has 3 N–H and O–H groups in total. The van der Waals surface area contributed by atoms with Crippen molar-refractivity contribution in [1.82, 2.24) is 10.3 Å². The molecule has 5 nitrogen and oxygen atoms in total. The number of nitrogens with one attached hydrogen (secondary N) is 1. The molecule has 1 atom stereocenters. The minimum absolute atomic E-state index is 0. The van der Waals surface area contributed by atoms with Crippen LogP contribution in [-0.2, 0) is 0 Å². The van der Waals surface area contributed by atoms with E-state index in [0.29, 0.717) is 24.0 Å². The molecule has 2 aromatic heterocycles. The van der Waals surface area contributed by atoms with Crippen molar-refractivity contribution in [3.05, 3.63) is 42.2 Å². The highest BCUT2D eigenvalue weighted by Crippen LogP contribution is 2.33. The largest absolute Gasteiger partial charge is 0.448 e. The Morgan fingerprint density at radius 1 is 1.28 bits per heavy atom. The van der Waals surface area contributed by atoms with Crippen LogP contribution in [0.3, 0.4) is 0 Å². The smallest absolute Gasteiger partial charge is 0.287 e. The number of nitrogens with two attached hydrogens (primary N) is 1. The van der Waals surface area contributed by atoms with Crippen molar-refractivity contribution in [3.63, 3.8) is 0 Å². The van der Waals surface area contributed by atoms with Crippen molar-refractivity contribution in [2.75, 3.05) is 6.54 Å². The number of aromatic nitrogens is 1. The van der Waals surface area contributed by atoms with Gasteiger partial charge in [0, 0.05) is 12.6 Å². The average molecular weight is 400 g/mol. The van der Waals surface area contributed by atoms with Crippen LogP contribution in [0.1, 0.15) is 23.4 Å². The lowest BCUT2D eigenvalue weighted by Crippen LogP contribution is -2.41. The maximum atomic E-state index is 12.3. The second kappa shape index (κ2) is 8.19. The number of nitrogens with zero attached hydrogens (tertiary/aromatic N) is 1. The number of furan rings is 1. The third-order valence-electron chi connectivity index (χ3n) is 4.10. The van der Waals surface area contributed by atoms with E-state index >= 15 is 0 Å². The van der Waals surface area contributed by atoms with Crippen molar-refractivity contribution < 1.29 is 9.21 Å². The second-order valence-corrected chi connectivity index (χ2v) is 6.83. The zero-order valence-electron chi connectivity index (χ0n) is 13.3. The van der Waals surface area contributed by atoms with E-state index in [1.165, 1.54) is 0 Å². The van der Waals surface area contributed by atoms with E-state index in [0.717, 1.165) is 28.1 Å². The molecule has 1 aliphatic rings. The van der Waals surface area contributed by atoms with Crippen LogP contribution < -0.4 is 11.1 Å². The van der Waals surface area contributed by atoms with Crippen LogP contribution in [0, 0.1) is 5.92 Å². The molecule has 0 aliphatic heterocycles. The summed E-state index contributed by atoms with van der Waals surface area (Å²) in [5.74, 6) is 1.23. The lowest BCUT2D eigenvalue weighted by atomic mass is 10.2. The summed E-state index contributed by atoms with van der Waals surface area (Å²) in [6.45, 7) is 0.460. The molecule has 134 valence electrons. The highest BCUT2D eigenvalue weighted by atomic mass is 35.5. The van der Waals surface area contributed by atoms with E-state index in [1.54, 1.807) is 23.5 Å². The van der Waals surface area contributed by atoms with Gasteiger partial charge in [-0.05, 0) is 43.0 Å². The van der Waals surface area contributed by atoms with Gasteiger partial charge in [-0.3, -0.25) is 4.79 Å². The Hall–Kier alpha value is -1.60. The van der Waals surface area contributed by atoms with Gasteiger partial charge in [0.2, 0.25) is 0 Å². The first-order valence-corrected chi connectivity index (χ1v) is 8.53. The first kappa shape index (κ1) is 19.7. The van der Waals surface area contributed by atoms with Gasteiger partial charge in [-0.1, -0.05) is 12.1 Å². The summed E-state index contributed by atoms with van der Waals surface area (Å²) in [6, 6.07) is 11.5. The van der Waals surface area contributed by atoms with Crippen LogP contribution in [0.5, 0.6) is 0 Å². The van der Waals surface area contributed by atoms with Gasteiger partial charge in [0.1, 0.15) is 0 Å². The first-order chi connectivity index (χ1) is 11.2. The van der Waals surface area contributed by atoms with Crippen molar-refractivity contribution in [3.8, 4) is 10.8 Å². The van der Waals surface area contributed by atoms with E-state index in [4.69, 9.17) is 10.2 Å². The fourth-order valence-corrected chi connectivity index (χ4v) is 3.59. The molecule has 0 spiro atoms. The maximum Gasteiger partial charge on any atom is 0.287 e. The lowest BCUT2D eigenvalue weighted by molar-refractivity contribution is 0.0906.